The summed E-state index contributed by atoms with van der Waals surface area (Å²) in [6.45, 7) is 2.08. The van der Waals surface area contributed by atoms with Gasteiger partial charge in [-0.05, 0) is 42.4 Å². The van der Waals surface area contributed by atoms with Crippen LogP contribution in [-0.2, 0) is 6.42 Å². The van der Waals surface area contributed by atoms with E-state index in [0.29, 0.717) is 18.3 Å². The van der Waals surface area contributed by atoms with Crippen LogP contribution in [0.1, 0.15) is 18.9 Å². The molecule has 5 heteroatoms. The van der Waals surface area contributed by atoms with E-state index in [1.165, 1.54) is 12.1 Å². The number of hydrogen-bond acceptors (Lipinski definition) is 2. The summed E-state index contributed by atoms with van der Waals surface area (Å²) in [6.07, 6.45) is -3.57. The van der Waals surface area contributed by atoms with Gasteiger partial charge in [0.05, 0.1) is 6.10 Å². The minimum Gasteiger partial charge on any atom is -0.406 e. The maximum Gasteiger partial charge on any atom is 0.573 e. The van der Waals surface area contributed by atoms with E-state index in [2.05, 4.69) is 11.7 Å². The van der Waals surface area contributed by atoms with Crippen molar-refractivity contribution < 1.29 is 23.0 Å². The smallest absolute Gasteiger partial charge is 0.406 e. The van der Waals surface area contributed by atoms with Gasteiger partial charge in [0, 0.05) is 0 Å². The van der Waals surface area contributed by atoms with Crippen molar-refractivity contribution in [2.24, 2.45) is 11.8 Å². The summed E-state index contributed by atoms with van der Waals surface area (Å²) >= 11 is 0. The zero-order chi connectivity index (χ0) is 13.3. The Morgan fingerprint density at radius 3 is 2.33 bits per heavy atom. The average Bonchev–Trinajstić information content (AvgIpc) is 2.96. The number of aliphatic hydroxyl groups excluding tert-OH is 1. The second-order valence-electron chi connectivity index (χ2n) is 4.84. The number of alkyl halides is 3. The van der Waals surface area contributed by atoms with Crippen LogP contribution in [0.25, 0.3) is 0 Å². The summed E-state index contributed by atoms with van der Waals surface area (Å²) in [7, 11) is 0. The van der Waals surface area contributed by atoms with Gasteiger partial charge in [-0.15, -0.1) is 13.2 Å². The van der Waals surface area contributed by atoms with Gasteiger partial charge in [-0.25, -0.2) is 0 Å². The lowest BCUT2D eigenvalue weighted by atomic mass is 10.0. The first kappa shape index (κ1) is 13.2. The SMILES string of the molecule is CC1CC1C(O)Cc1ccc(OC(F)(F)F)cc1. The summed E-state index contributed by atoms with van der Waals surface area (Å²) in [5.41, 5.74) is 0.816. The van der Waals surface area contributed by atoms with E-state index in [1.807, 2.05) is 0 Å². The maximum absolute atomic E-state index is 11.9. The average molecular weight is 260 g/mol. The van der Waals surface area contributed by atoms with Crippen LogP contribution < -0.4 is 4.74 Å². The molecule has 0 saturated heterocycles. The van der Waals surface area contributed by atoms with Gasteiger partial charge in [-0.3, -0.25) is 0 Å². The molecule has 0 amide bonds. The van der Waals surface area contributed by atoms with Crippen molar-refractivity contribution in [1.82, 2.24) is 0 Å². The third kappa shape index (κ3) is 3.63. The maximum atomic E-state index is 11.9. The second kappa shape index (κ2) is 4.80. The molecule has 2 nitrogen and oxygen atoms in total. The molecule has 1 aliphatic rings. The first-order valence-electron chi connectivity index (χ1n) is 5.88. The Labute approximate surface area is 103 Å². The molecule has 0 bridgehead atoms. The molecular formula is C13H15F3O2. The minimum absolute atomic E-state index is 0.236. The van der Waals surface area contributed by atoms with Crippen LogP contribution in [0.2, 0.25) is 0 Å². The summed E-state index contributed by atoms with van der Waals surface area (Å²) < 4.78 is 39.6. The fourth-order valence-electron chi connectivity index (χ4n) is 2.11. The predicted octanol–water partition coefficient (Wildman–Crippen LogP) is 3.14. The van der Waals surface area contributed by atoms with Crippen LogP contribution in [0.3, 0.4) is 0 Å². The zero-order valence-corrected chi connectivity index (χ0v) is 9.95. The molecule has 0 aromatic heterocycles. The lowest BCUT2D eigenvalue weighted by molar-refractivity contribution is -0.274. The summed E-state index contributed by atoms with van der Waals surface area (Å²) in [5, 5.41) is 9.86. The van der Waals surface area contributed by atoms with Crippen molar-refractivity contribution in [2.45, 2.75) is 32.2 Å². The molecule has 1 aromatic rings. The normalized spacial score (nSPS) is 24.7. The van der Waals surface area contributed by atoms with Crippen LogP contribution in [0.15, 0.2) is 24.3 Å². The van der Waals surface area contributed by atoms with Gasteiger partial charge in [0.15, 0.2) is 0 Å². The minimum atomic E-state index is -4.66. The third-order valence-corrected chi connectivity index (χ3v) is 3.27. The number of aliphatic hydroxyl groups is 1. The van der Waals surface area contributed by atoms with Crippen molar-refractivity contribution in [3.8, 4) is 5.75 Å². The number of rotatable bonds is 4. The number of ether oxygens (including phenoxy) is 1. The van der Waals surface area contributed by atoms with Crippen molar-refractivity contribution >= 4 is 0 Å². The lowest BCUT2D eigenvalue weighted by Crippen LogP contribution is -2.17. The van der Waals surface area contributed by atoms with Crippen molar-refractivity contribution in [1.29, 1.82) is 0 Å². The van der Waals surface area contributed by atoms with Crippen LogP contribution >= 0.6 is 0 Å². The first-order chi connectivity index (χ1) is 8.35. The van der Waals surface area contributed by atoms with Gasteiger partial charge in [0.2, 0.25) is 0 Å². The van der Waals surface area contributed by atoms with E-state index in [0.717, 1.165) is 12.0 Å². The molecule has 0 aliphatic heterocycles. The Hall–Kier alpha value is -1.23. The van der Waals surface area contributed by atoms with E-state index in [1.54, 1.807) is 12.1 Å². The quantitative estimate of drug-likeness (QED) is 0.901. The largest absolute Gasteiger partial charge is 0.573 e. The van der Waals surface area contributed by atoms with Gasteiger partial charge >= 0.3 is 6.36 Å². The monoisotopic (exact) mass is 260 g/mol. The molecule has 1 aromatic carbocycles. The van der Waals surface area contributed by atoms with Gasteiger partial charge < -0.3 is 9.84 Å². The molecule has 0 heterocycles. The van der Waals surface area contributed by atoms with E-state index < -0.39 is 12.5 Å². The second-order valence-corrected chi connectivity index (χ2v) is 4.84. The topological polar surface area (TPSA) is 29.5 Å². The van der Waals surface area contributed by atoms with Gasteiger partial charge in [0.1, 0.15) is 5.75 Å². The third-order valence-electron chi connectivity index (χ3n) is 3.27. The van der Waals surface area contributed by atoms with Crippen LogP contribution in [-0.4, -0.2) is 17.6 Å². The molecule has 1 N–H and O–H groups in total. The lowest BCUT2D eigenvalue weighted by Gasteiger charge is -2.11. The molecule has 1 aliphatic carbocycles. The van der Waals surface area contributed by atoms with E-state index in [4.69, 9.17) is 0 Å². The van der Waals surface area contributed by atoms with Gasteiger partial charge in [-0.2, -0.15) is 0 Å². The Balaban J connectivity index is 1.91. The highest BCUT2D eigenvalue weighted by Crippen LogP contribution is 2.41. The summed E-state index contributed by atoms with van der Waals surface area (Å²) in [6, 6.07) is 5.65. The molecule has 1 saturated carbocycles. The van der Waals surface area contributed by atoms with Crippen LogP contribution in [0.4, 0.5) is 13.2 Å². The number of benzene rings is 1. The van der Waals surface area contributed by atoms with E-state index in [-0.39, 0.29) is 5.75 Å². The molecule has 0 radical (unpaired) electrons. The van der Waals surface area contributed by atoms with E-state index in [9.17, 15) is 18.3 Å². The standard InChI is InChI=1S/C13H15F3O2/c1-8-6-11(8)12(17)7-9-2-4-10(5-3-9)18-13(14,15)16/h2-5,8,11-12,17H,6-7H2,1H3. The Morgan fingerprint density at radius 1 is 1.33 bits per heavy atom. The van der Waals surface area contributed by atoms with Gasteiger partial charge in [0.25, 0.3) is 0 Å². The number of hydrogen-bond donors (Lipinski definition) is 1. The molecular weight excluding hydrogens is 245 g/mol. The molecule has 3 unspecified atom stereocenters. The highest BCUT2D eigenvalue weighted by Gasteiger charge is 2.38. The van der Waals surface area contributed by atoms with Crippen molar-refractivity contribution in [3.05, 3.63) is 29.8 Å². The first-order valence-corrected chi connectivity index (χ1v) is 5.88. The van der Waals surface area contributed by atoms with Gasteiger partial charge in [-0.1, -0.05) is 19.1 Å². The Kier molecular flexibility index (Phi) is 3.52. The molecule has 2 rings (SSSR count). The van der Waals surface area contributed by atoms with Crippen LogP contribution in [0.5, 0.6) is 5.75 Å². The van der Waals surface area contributed by atoms with Crippen molar-refractivity contribution in [3.63, 3.8) is 0 Å². The van der Waals surface area contributed by atoms with Crippen molar-refractivity contribution in [2.75, 3.05) is 0 Å². The fourth-order valence-corrected chi connectivity index (χ4v) is 2.11. The van der Waals surface area contributed by atoms with Crippen LogP contribution in [0, 0.1) is 11.8 Å². The zero-order valence-electron chi connectivity index (χ0n) is 9.95. The number of halogens is 3. The Bertz CT molecular complexity index is 400. The molecule has 18 heavy (non-hydrogen) atoms. The highest BCUT2D eigenvalue weighted by molar-refractivity contribution is 5.28. The molecule has 100 valence electrons. The fraction of sp³-hybridized carbons (Fsp3) is 0.538. The molecule has 3 atom stereocenters. The molecule has 0 spiro atoms. The molecule has 1 fully saturated rings. The Morgan fingerprint density at radius 2 is 1.89 bits per heavy atom. The highest BCUT2D eigenvalue weighted by atomic mass is 19.4. The summed E-state index contributed by atoms with van der Waals surface area (Å²) in [4.78, 5) is 0. The summed E-state index contributed by atoms with van der Waals surface area (Å²) in [5.74, 6) is 0.643. The van der Waals surface area contributed by atoms with E-state index >= 15 is 0 Å². The predicted molar refractivity (Wildman–Crippen MR) is 60.1 cm³/mol.